The van der Waals surface area contributed by atoms with Crippen LogP contribution in [0.2, 0.25) is 0 Å². The molecular weight excluding hydrogens is 340 g/mol. The topological polar surface area (TPSA) is 67.2 Å². The minimum absolute atomic E-state index is 0.0455. The highest BCUT2D eigenvalue weighted by Gasteiger charge is 2.30. The Kier molecular flexibility index (Phi) is 5.27. The molecule has 7 nitrogen and oxygen atoms in total. The van der Waals surface area contributed by atoms with E-state index < -0.39 is 0 Å². The van der Waals surface area contributed by atoms with Crippen molar-refractivity contribution in [2.45, 2.75) is 58.9 Å². The van der Waals surface area contributed by atoms with Gasteiger partial charge in [-0.2, -0.15) is 0 Å². The van der Waals surface area contributed by atoms with E-state index in [-0.39, 0.29) is 11.8 Å². The van der Waals surface area contributed by atoms with Crippen LogP contribution < -0.4 is 4.90 Å². The summed E-state index contributed by atoms with van der Waals surface area (Å²) in [6, 6.07) is 0. The lowest BCUT2D eigenvalue weighted by Gasteiger charge is -2.35. The maximum Gasteiger partial charge on any atom is 0.227 e. The van der Waals surface area contributed by atoms with Crippen LogP contribution in [-0.2, 0) is 17.8 Å². The minimum atomic E-state index is 0.0455. The predicted octanol–water partition coefficient (Wildman–Crippen LogP) is 2.64. The summed E-state index contributed by atoms with van der Waals surface area (Å²) >= 11 is 0. The second-order valence-corrected chi connectivity index (χ2v) is 7.66. The smallest absolute Gasteiger partial charge is 0.227 e. The molecule has 0 radical (unpaired) electrons. The van der Waals surface area contributed by atoms with E-state index >= 15 is 0 Å². The minimum Gasteiger partial charge on any atom is -0.354 e. The fourth-order valence-electron chi connectivity index (χ4n) is 4.52. The van der Waals surface area contributed by atoms with Gasteiger partial charge < -0.3 is 14.4 Å². The van der Waals surface area contributed by atoms with Gasteiger partial charge >= 0.3 is 0 Å². The van der Waals surface area contributed by atoms with Gasteiger partial charge in [0, 0.05) is 39.1 Å². The van der Waals surface area contributed by atoms with Crippen LogP contribution in [0.15, 0.2) is 6.33 Å². The summed E-state index contributed by atoms with van der Waals surface area (Å²) in [5, 5.41) is 0. The third-order valence-corrected chi connectivity index (χ3v) is 6.02. The monoisotopic (exact) mass is 370 g/mol. The fraction of sp³-hybridized carbons (Fsp3) is 0.700. The van der Waals surface area contributed by atoms with Crippen molar-refractivity contribution in [2.75, 3.05) is 31.1 Å². The highest BCUT2D eigenvalue weighted by molar-refractivity contribution is 5.85. The number of aromatic nitrogens is 4. The van der Waals surface area contributed by atoms with Crippen molar-refractivity contribution in [3.63, 3.8) is 0 Å². The number of hydrogen-bond donors (Lipinski definition) is 0. The second kappa shape index (κ2) is 7.82. The Morgan fingerprint density at radius 3 is 2.81 bits per heavy atom. The van der Waals surface area contributed by atoms with Crippen molar-refractivity contribution in [2.24, 2.45) is 5.92 Å². The van der Waals surface area contributed by atoms with E-state index in [4.69, 9.17) is 4.98 Å². The average molecular weight is 371 g/mol. The molecule has 2 aliphatic heterocycles. The Morgan fingerprint density at radius 2 is 2.00 bits per heavy atom. The number of carbonyl (C=O) groups is 1. The molecule has 0 aromatic carbocycles. The van der Waals surface area contributed by atoms with Crippen LogP contribution in [0.3, 0.4) is 0 Å². The number of anilines is 1. The van der Waals surface area contributed by atoms with Gasteiger partial charge in [-0.3, -0.25) is 4.79 Å². The van der Waals surface area contributed by atoms with E-state index in [2.05, 4.69) is 19.4 Å². The van der Waals surface area contributed by atoms with Crippen LogP contribution in [-0.4, -0.2) is 56.5 Å². The molecule has 1 saturated heterocycles. The zero-order valence-electron chi connectivity index (χ0n) is 16.5. The normalized spacial score (nSPS) is 20.4. The number of rotatable bonds is 4. The highest BCUT2D eigenvalue weighted by Crippen LogP contribution is 2.29. The number of hydrogen-bond acceptors (Lipinski definition) is 5. The van der Waals surface area contributed by atoms with Crippen LogP contribution >= 0.6 is 0 Å². The second-order valence-electron chi connectivity index (χ2n) is 7.66. The number of aryl methyl sites for hydroxylation is 2. The maximum atomic E-state index is 12.8. The number of piperidine rings is 1. The van der Waals surface area contributed by atoms with E-state index in [1.165, 1.54) is 19.3 Å². The predicted molar refractivity (Wildman–Crippen MR) is 106 cm³/mol. The van der Waals surface area contributed by atoms with Crippen molar-refractivity contribution in [3.05, 3.63) is 12.2 Å². The Labute approximate surface area is 160 Å². The first-order chi connectivity index (χ1) is 13.2. The van der Waals surface area contributed by atoms with Gasteiger partial charge in [0.25, 0.3) is 0 Å². The molecule has 7 heteroatoms. The van der Waals surface area contributed by atoms with Crippen molar-refractivity contribution in [1.29, 1.82) is 0 Å². The Hall–Kier alpha value is -2.18. The first-order valence-corrected chi connectivity index (χ1v) is 10.5. The molecule has 0 saturated carbocycles. The van der Waals surface area contributed by atoms with Crippen LogP contribution in [0.4, 0.5) is 5.82 Å². The molecule has 2 aliphatic rings. The summed E-state index contributed by atoms with van der Waals surface area (Å²) in [4.78, 5) is 31.1. The van der Waals surface area contributed by atoms with E-state index in [9.17, 15) is 4.79 Å². The van der Waals surface area contributed by atoms with Crippen molar-refractivity contribution >= 4 is 22.9 Å². The van der Waals surface area contributed by atoms with Gasteiger partial charge in [-0.1, -0.05) is 6.42 Å². The van der Waals surface area contributed by atoms with Crippen LogP contribution in [0.25, 0.3) is 11.2 Å². The molecular formula is C20H30N6O. The summed E-state index contributed by atoms with van der Waals surface area (Å²) in [5.41, 5.74) is 1.86. The molecule has 2 aromatic heterocycles. The van der Waals surface area contributed by atoms with Crippen molar-refractivity contribution in [3.8, 4) is 0 Å². The molecule has 0 unspecified atom stereocenters. The summed E-state index contributed by atoms with van der Waals surface area (Å²) < 4.78 is 2.27. The van der Waals surface area contributed by atoms with E-state index in [0.717, 1.165) is 74.8 Å². The molecule has 1 amide bonds. The van der Waals surface area contributed by atoms with Gasteiger partial charge in [0.2, 0.25) is 5.91 Å². The number of fused-ring (bicyclic) bond motifs is 3. The van der Waals surface area contributed by atoms with Gasteiger partial charge in [0.15, 0.2) is 17.0 Å². The van der Waals surface area contributed by atoms with Crippen molar-refractivity contribution in [1.82, 2.24) is 24.4 Å². The molecule has 27 heavy (non-hydrogen) atoms. The van der Waals surface area contributed by atoms with Crippen molar-refractivity contribution < 1.29 is 4.79 Å². The standard InChI is InChI=1S/C20H30N6O/c1-3-24(4-2)20(27)15-9-8-11-25(13-15)18-17-19(22-14-21-18)26-12-7-5-6-10-16(26)23-17/h14-15H,3-13H2,1-2H3/t15-/m1/s1. The number of amides is 1. The highest BCUT2D eigenvalue weighted by atomic mass is 16.2. The van der Waals surface area contributed by atoms with Crippen LogP contribution in [0.5, 0.6) is 0 Å². The number of nitrogens with zero attached hydrogens (tertiary/aromatic N) is 6. The lowest BCUT2D eigenvalue weighted by Crippen LogP contribution is -2.45. The van der Waals surface area contributed by atoms with E-state index in [1.54, 1.807) is 6.33 Å². The molecule has 4 rings (SSSR count). The lowest BCUT2D eigenvalue weighted by atomic mass is 9.96. The molecule has 146 valence electrons. The quantitative estimate of drug-likeness (QED) is 0.828. The SMILES string of the molecule is CCN(CC)C(=O)[C@@H]1CCCN(c2ncnc3c2nc2n3CCCCC2)C1. The largest absolute Gasteiger partial charge is 0.354 e. The molecule has 0 aliphatic carbocycles. The van der Waals surface area contributed by atoms with Gasteiger partial charge in [0.05, 0.1) is 5.92 Å². The van der Waals surface area contributed by atoms with Gasteiger partial charge in [-0.25, -0.2) is 15.0 Å². The Bertz CT molecular complexity index is 812. The van der Waals surface area contributed by atoms with Gasteiger partial charge in [-0.05, 0) is 39.5 Å². The Morgan fingerprint density at radius 1 is 1.15 bits per heavy atom. The lowest BCUT2D eigenvalue weighted by molar-refractivity contribution is -0.135. The molecule has 0 spiro atoms. The summed E-state index contributed by atoms with van der Waals surface area (Å²) in [7, 11) is 0. The first kappa shape index (κ1) is 18.2. The van der Waals surface area contributed by atoms with Crippen LogP contribution in [0, 0.1) is 5.92 Å². The molecule has 0 bridgehead atoms. The molecule has 1 fully saturated rings. The van der Waals surface area contributed by atoms with Gasteiger partial charge in [0.1, 0.15) is 12.2 Å². The first-order valence-electron chi connectivity index (χ1n) is 10.5. The molecule has 2 aromatic rings. The third kappa shape index (κ3) is 3.39. The summed E-state index contributed by atoms with van der Waals surface area (Å²) in [6.07, 6.45) is 8.27. The van der Waals surface area contributed by atoms with Gasteiger partial charge in [-0.15, -0.1) is 0 Å². The molecule has 1 atom stereocenters. The molecule has 0 N–H and O–H groups in total. The fourth-order valence-corrected chi connectivity index (χ4v) is 4.52. The van der Waals surface area contributed by atoms with E-state index in [1.807, 2.05) is 18.7 Å². The summed E-state index contributed by atoms with van der Waals surface area (Å²) in [6.45, 7) is 8.29. The van der Waals surface area contributed by atoms with Crippen LogP contribution in [0.1, 0.15) is 51.8 Å². The van der Waals surface area contributed by atoms with E-state index in [0.29, 0.717) is 0 Å². The Balaban J connectivity index is 1.63. The molecule has 4 heterocycles. The maximum absolute atomic E-state index is 12.8. The average Bonchev–Trinajstić information content (AvgIpc) is 2.90. The third-order valence-electron chi connectivity index (χ3n) is 6.02. The number of imidazole rings is 1. The number of carbonyl (C=O) groups excluding carboxylic acids is 1. The zero-order valence-corrected chi connectivity index (χ0v) is 16.5. The zero-order chi connectivity index (χ0) is 18.8. The summed E-state index contributed by atoms with van der Waals surface area (Å²) in [5.74, 6) is 2.36.